The Morgan fingerprint density at radius 1 is 1.33 bits per heavy atom. The van der Waals surface area contributed by atoms with E-state index in [9.17, 15) is 4.79 Å². The number of fused-ring (bicyclic) bond motifs is 2. The van der Waals surface area contributed by atoms with Gasteiger partial charge in [-0.1, -0.05) is 19.1 Å². The molecule has 2 aliphatic rings. The third-order valence-corrected chi connectivity index (χ3v) is 5.76. The zero-order valence-electron chi connectivity index (χ0n) is 13.7. The first-order valence-corrected chi connectivity index (χ1v) is 9.34. The summed E-state index contributed by atoms with van der Waals surface area (Å²) < 4.78 is 11.6. The van der Waals surface area contributed by atoms with Gasteiger partial charge in [-0.15, -0.1) is 11.3 Å². The van der Waals surface area contributed by atoms with Crippen molar-refractivity contribution in [1.29, 1.82) is 0 Å². The van der Waals surface area contributed by atoms with Gasteiger partial charge in [0.05, 0.1) is 12.1 Å². The Labute approximate surface area is 145 Å². The van der Waals surface area contributed by atoms with Crippen molar-refractivity contribution in [2.45, 2.75) is 32.3 Å². The molecule has 24 heavy (non-hydrogen) atoms. The lowest BCUT2D eigenvalue weighted by Gasteiger charge is -2.26. The van der Waals surface area contributed by atoms with E-state index >= 15 is 0 Å². The van der Waals surface area contributed by atoms with Gasteiger partial charge in [-0.2, -0.15) is 0 Å². The number of thiophene rings is 1. The second kappa shape index (κ2) is 6.48. The third kappa shape index (κ3) is 3.00. The van der Waals surface area contributed by atoms with E-state index in [0.717, 1.165) is 35.8 Å². The van der Waals surface area contributed by atoms with Crippen LogP contribution in [-0.4, -0.2) is 25.2 Å². The van der Waals surface area contributed by atoms with Gasteiger partial charge in [-0.3, -0.25) is 4.79 Å². The molecule has 126 valence electrons. The van der Waals surface area contributed by atoms with E-state index in [1.54, 1.807) is 11.3 Å². The van der Waals surface area contributed by atoms with Crippen LogP contribution in [0.5, 0.6) is 11.5 Å². The van der Waals surface area contributed by atoms with E-state index < -0.39 is 0 Å². The molecule has 0 spiro atoms. The molecule has 1 aliphatic heterocycles. The van der Waals surface area contributed by atoms with Crippen molar-refractivity contribution in [3.63, 3.8) is 0 Å². The number of hydrogen-bond donors (Lipinski definition) is 1. The normalized spacial score (nSPS) is 21.9. The molecule has 4 nitrogen and oxygen atoms in total. The first-order valence-electron chi connectivity index (χ1n) is 8.46. The molecular formula is C19H21NO3S. The summed E-state index contributed by atoms with van der Waals surface area (Å²) in [5, 5.41) is 5.02. The fraction of sp³-hybridized carbons (Fsp3) is 0.421. The van der Waals surface area contributed by atoms with Gasteiger partial charge in [0.15, 0.2) is 11.5 Å². The van der Waals surface area contributed by atoms with Crippen molar-refractivity contribution >= 4 is 17.2 Å². The number of amides is 1. The Balaban J connectivity index is 1.38. The van der Waals surface area contributed by atoms with Gasteiger partial charge in [-0.05, 0) is 42.9 Å². The largest absolute Gasteiger partial charge is 0.486 e. The Morgan fingerprint density at radius 2 is 2.17 bits per heavy atom. The minimum atomic E-state index is -0.154. The SMILES string of the molecule is CC1CCc2c(C(=O)NCC3COc4ccccc4O3)csc2C1. The summed E-state index contributed by atoms with van der Waals surface area (Å²) in [6, 6.07) is 7.62. The smallest absolute Gasteiger partial charge is 0.252 e. The van der Waals surface area contributed by atoms with Crippen LogP contribution in [0.1, 0.15) is 34.1 Å². The van der Waals surface area contributed by atoms with Crippen LogP contribution in [0.15, 0.2) is 29.6 Å². The van der Waals surface area contributed by atoms with Crippen LogP contribution < -0.4 is 14.8 Å². The van der Waals surface area contributed by atoms with Gasteiger partial charge >= 0.3 is 0 Å². The molecule has 0 bridgehead atoms. The van der Waals surface area contributed by atoms with Crippen molar-refractivity contribution < 1.29 is 14.3 Å². The molecule has 2 atom stereocenters. The molecule has 0 saturated heterocycles. The van der Waals surface area contributed by atoms with Crippen molar-refractivity contribution in [3.8, 4) is 11.5 Å². The van der Waals surface area contributed by atoms with E-state index in [0.29, 0.717) is 13.2 Å². The number of nitrogens with one attached hydrogen (secondary N) is 1. The lowest BCUT2D eigenvalue weighted by molar-refractivity contribution is 0.0789. The predicted molar refractivity (Wildman–Crippen MR) is 94.2 cm³/mol. The summed E-state index contributed by atoms with van der Waals surface area (Å²) in [7, 11) is 0. The number of carbonyl (C=O) groups excluding carboxylic acids is 1. The van der Waals surface area contributed by atoms with Gasteiger partial charge in [0.25, 0.3) is 5.91 Å². The lowest BCUT2D eigenvalue weighted by Crippen LogP contribution is -2.40. The highest BCUT2D eigenvalue weighted by Crippen LogP contribution is 2.33. The fourth-order valence-corrected chi connectivity index (χ4v) is 4.58. The minimum Gasteiger partial charge on any atom is -0.486 e. The van der Waals surface area contributed by atoms with Crippen molar-refractivity contribution in [1.82, 2.24) is 5.32 Å². The Hall–Kier alpha value is -2.01. The molecule has 0 radical (unpaired) electrons. The van der Waals surface area contributed by atoms with E-state index in [4.69, 9.17) is 9.47 Å². The van der Waals surface area contributed by atoms with Gasteiger partial charge in [0.1, 0.15) is 12.7 Å². The van der Waals surface area contributed by atoms with Gasteiger partial charge in [0.2, 0.25) is 0 Å². The van der Waals surface area contributed by atoms with E-state index in [2.05, 4.69) is 12.2 Å². The number of ether oxygens (including phenoxy) is 2. The summed E-state index contributed by atoms with van der Waals surface area (Å²) in [5.41, 5.74) is 2.10. The van der Waals surface area contributed by atoms with Crippen LogP contribution in [0.3, 0.4) is 0 Å². The zero-order chi connectivity index (χ0) is 16.5. The molecule has 2 unspecified atom stereocenters. The number of benzene rings is 1. The molecule has 0 fully saturated rings. The van der Waals surface area contributed by atoms with Crippen LogP contribution in [0.2, 0.25) is 0 Å². The molecule has 1 aliphatic carbocycles. The van der Waals surface area contributed by atoms with Crippen molar-refractivity contribution in [2.75, 3.05) is 13.2 Å². The number of rotatable bonds is 3. The standard InChI is InChI=1S/C19H21NO3S/c1-12-6-7-14-15(11-24-18(14)8-12)19(21)20-9-13-10-22-16-4-2-3-5-17(16)23-13/h2-5,11-13H,6-10H2,1H3,(H,20,21). The van der Waals surface area contributed by atoms with Gasteiger partial charge in [0, 0.05) is 10.3 Å². The van der Waals surface area contributed by atoms with Gasteiger partial charge in [-0.25, -0.2) is 0 Å². The van der Waals surface area contributed by atoms with Crippen molar-refractivity contribution in [3.05, 3.63) is 45.6 Å². The Morgan fingerprint density at radius 3 is 3.04 bits per heavy atom. The number of hydrogen-bond acceptors (Lipinski definition) is 4. The predicted octanol–water partition coefficient (Wildman–Crippen LogP) is 3.44. The quantitative estimate of drug-likeness (QED) is 0.929. The molecule has 4 rings (SSSR count). The second-order valence-electron chi connectivity index (χ2n) is 6.61. The molecule has 1 aromatic carbocycles. The molecule has 1 N–H and O–H groups in total. The van der Waals surface area contributed by atoms with E-state index in [1.165, 1.54) is 16.9 Å². The zero-order valence-corrected chi connectivity index (χ0v) is 14.5. The third-order valence-electron chi connectivity index (χ3n) is 4.70. The van der Waals surface area contributed by atoms with E-state index in [1.807, 2.05) is 29.6 Å². The minimum absolute atomic E-state index is 0.00418. The Kier molecular flexibility index (Phi) is 4.19. The molecule has 1 amide bonds. The maximum atomic E-state index is 12.5. The first kappa shape index (κ1) is 15.5. The Bertz CT molecular complexity index is 755. The lowest BCUT2D eigenvalue weighted by atomic mass is 9.88. The highest BCUT2D eigenvalue weighted by Gasteiger charge is 2.25. The summed E-state index contributed by atoms with van der Waals surface area (Å²) in [4.78, 5) is 13.9. The van der Waals surface area contributed by atoms with Crippen molar-refractivity contribution in [2.24, 2.45) is 5.92 Å². The average molecular weight is 343 g/mol. The average Bonchev–Trinajstić information content (AvgIpc) is 3.02. The topological polar surface area (TPSA) is 47.6 Å². The van der Waals surface area contributed by atoms with Crippen LogP contribution in [-0.2, 0) is 12.8 Å². The summed E-state index contributed by atoms with van der Waals surface area (Å²) >= 11 is 1.72. The molecule has 2 heterocycles. The molecule has 1 aromatic heterocycles. The van der Waals surface area contributed by atoms with Crippen LogP contribution >= 0.6 is 11.3 Å². The molecule has 2 aromatic rings. The van der Waals surface area contributed by atoms with E-state index in [-0.39, 0.29) is 12.0 Å². The second-order valence-corrected chi connectivity index (χ2v) is 7.57. The number of para-hydroxylation sites is 2. The highest BCUT2D eigenvalue weighted by atomic mass is 32.1. The molecular weight excluding hydrogens is 322 g/mol. The van der Waals surface area contributed by atoms with Crippen LogP contribution in [0.4, 0.5) is 0 Å². The summed E-state index contributed by atoms with van der Waals surface area (Å²) in [6.45, 7) is 3.19. The van der Waals surface area contributed by atoms with Crippen LogP contribution in [0, 0.1) is 5.92 Å². The monoisotopic (exact) mass is 343 g/mol. The molecule has 0 saturated carbocycles. The maximum absolute atomic E-state index is 12.5. The summed E-state index contributed by atoms with van der Waals surface area (Å²) in [5.74, 6) is 2.23. The summed E-state index contributed by atoms with van der Waals surface area (Å²) in [6.07, 6.45) is 3.13. The maximum Gasteiger partial charge on any atom is 0.252 e. The molecule has 5 heteroatoms. The van der Waals surface area contributed by atoms with Gasteiger partial charge < -0.3 is 14.8 Å². The first-order chi connectivity index (χ1) is 11.7. The highest BCUT2D eigenvalue weighted by molar-refractivity contribution is 7.10. The number of carbonyl (C=O) groups is 1. The fourth-order valence-electron chi connectivity index (χ4n) is 3.33. The van der Waals surface area contributed by atoms with Crippen LogP contribution in [0.25, 0.3) is 0 Å².